The molecule has 0 saturated heterocycles. The average molecular weight is 364 g/mol. The van der Waals surface area contributed by atoms with Gasteiger partial charge in [-0.25, -0.2) is 4.39 Å². The lowest BCUT2D eigenvalue weighted by atomic mass is 9.38. The largest absolute Gasteiger partial charge is 0.331 e. The molecule has 2 bridgehead atoms. The van der Waals surface area contributed by atoms with Crippen LogP contribution in [0.3, 0.4) is 0 Å². The molecule has 0 radical (unpaired) electrons. The predicted molar refractivity (Wildman–Crippen MR) is 103 cm³/mol. The number of carbonyl (C=O) groups excluding carboxylic acids is 1. The molecule has 3 saturated carbocycles. The van der Waals surface area contributed by atoms with Crippen molar-refractivity contribution in [1.29, 1.82) is 0 Å². The van der Waals surface area contributed by atoms with Crippen molar-refractivity contribution in [3.05, 3.63) is 71.0 Å². The van der Waals surface area contributed by atoms with Crippen LogP contribution in [0, 0.1) is 11.2 Å². The molecule has 2 aromatic carbocycles. The van der Waals surface area contributed by atoms with Crippen LogP contribution in [0.5, 0.6) is 0 Å². The molecule has 3 aliphatic carbocycles. The van der Waals surface area contributed by atoms with E-state index in [2.05, 4.69) is 23.5 Å². The standard InChI is InChI=1S/C23H25FN2O/c1-25-23-13-22(14-23,15-23)12-20(27)26-11-10-16-4-2-3-5-19(16)21(26)17-6-8-18(24)9-7-17/h2-9,21,25H,10-15H2,1H3/t21-,22?,23?/m0/s1. The van der Waals surface area contributed by atoms with Crippen LogP contribution in [0.15, 0.2) is 48.5 Å². The molecule has 4 heteroatoms. The van der Waals surface area contributed by atoms with Crippen molar-refractivity contribution in [2.45, 2.75) is 43.7 Å². The van der Waals surface area contributed by atoms with Gasteiger partial charge in [0, 0.05) is 18.5 Å². The minimum absolute atomic E-state index is 0.117. The summed E-state index contributed by atoms with van der Waals surface area (Å²) < 4.78 is 13.5. The lowest BCUT2D eigenvalue weighted by Crippen LogP contribution is -2.73. The zero-order valence-electron chi connectivity index (χ0n) is 15.7. The molecule has 0 unspecified atom stereocenters. The van der Waals surface area contributed by atoms with Crippen molar-refractivity contribution in [2.75, 3.05) is 13.6 Å². The van der Waals surface area contributed by atoms with Crippen molar-refractivity contribution >= 4 is 5.91 Å². The molecule has 1 N–H and O–H groups in total. The number of fused-ring (bicyclic) bond motifs is 1. The number of nitrogens with zero attached hydrogens (tertiary/aromatic N) is 1. The van der Waals surface area contributed by atoms with Gasteiger partial charge in [-0.15, -0.1) is 0 Å². The first-order valence-corrected chi connectivity index (χ1v) is 9.85. The Morgan fingerprint density at radius 1 is 1.15 bits per heavy atom. The van der Waals surface area contributed by atoms with Crippen LogP contribution in [0.25, 0.3) is 0 Å². The number of amides is 1. The Balaban J connectivity index is 1.44. The highest BCUT2D eigenvalue weighted by atomic mass is 19.1. The monoisotopic (exact) mass is 364 g/mol. The van der Waals surface area contributed by atoms with Crippen LogP contribution >= 0.6 is 0 Å². The summed E-state index contributed by atoms with van der Waals surface area (Å²) in [6.07, 6.45) is 4.87. The Labute approximate surface area is 159 Å². The lowest BCUT2D eigenvalue weighted by Gasteiger charge is -2.71. The van der Waals surface area contributed by atoms with Gasteiger partial charge >= 0.3 is 0 Å². The van der Waals surface area contributed by atoms with E-state index in [1.165, 1.54) is 23.3 Å². The van der Waals surface area contributed by atoms with Crippen molar-refractivity contribution in [2.24, 2.45) is 5.41 Å². The van der Waals surface area contributed by atoms with Gasteiger partial charge in [-0.05, 0) is 67.0 Å². The molecule has 6 rings (SSSR count). The van der Waals surface area contributed by atoms with E-state index in [9.17, 15) is 9.18 Å². The first kappa shape index (κ1) is 16.9. The highest BCUT2D eigenvalue weighted by molar-refractivity contribution is 5.79. The maximum absolute atomic E-state index is 13.5. The van der Waals surface area contributed by atoms with Crippen LogP contribution in [0.1, 0.15) is 48.4 Å². The van der Waals surface area contributed by atoms with Gasteiger partial charge in [0.25, 0.3) is 0 Å². The quantitative estimate of drug-likeness (QED) is 0.894. The summed E-state index contributed by atoms with van der Waals surface area (Å²) in [7, 11) is 2.02. The van der Waals surface area contributed by atoms with Gasteiger partial charge in [0.05, 0.1) is 6.04 Å². The van der Waals surface area contributed by atoms with E-state index >= 15 is 0 Å². The highest BCUT2D eigenvalue weighted by Crippen LogP contribution is 2.69. The third-order valence-corrected chi connectivity index (χ3v) is 6.99. The molecule has 1 atom stereocenters. The van der Waals surface area contributed by atoms with E-state index in [0.717, 1.165) is 37.8 Å². The predicted octanol–water partition coefficient (Wildman–Crippen LogP) is 3.83. The first-order chi connectivity index (χ1) is 13.0. The molecule has 27 heavy (non-hydrogen) atoms. The fraction of sp³-hybridized carbons (Fsp3) is 0.435. The van der Waals surface area contributed by atoms with Crippen molar-refractivity contribution in [3.63, 3.8) is 0 Å². The molecule has 0 spiro atoms. The van der Waals surface area contributed by atoms with Gasteiger partial charge in [0.2, 0.25) is 5.91 Å². The van der Waals surface area contributed by atoms with E-state index in [1.807, 2.05) is 30.1 Å². The van der Waals surface area contributed by atoms with Gasteiger partial charge in [-0.3, -0.25) is 4.79 Å². The second-order valence-electron chi connectivity index (χ2n) is 8.73. The Morgan fingerprint density at radius 2 is 1.85 bits per heavy atom. The Hall–Kier alpha value is -2.20. The Bertz CT molecular complexity index is 872. The molecule has 3 nitrogen and oxygen atoms in total. The van der Waals surface area contributed by atoms with Gasteiger partial charge in [-0.2, -0.15) is 0 Å². The molecule has 1 heterocycles. The minimum atomic E-state index is -0.244. The zero-order chi connectivity index (χ0) is 18.6. The van der Waals surface area contributed by atoms with E-state index in [4.69, 9.17) is 0 Å². The van der Waals surface area contributed by atoms with Crippen LogP contribution in [0.2, 0.25) is 0 Å². The second-order valence-corrected chi connectivity index (χ2v) is 8.73. The number of hydrogen-bond donors (Lipinski definition) is 1. The maximum Gasteiger partial charge on any atom is 0.223 e. The van der Waals surface area contributed by atoms with Crippen LogP contribution < -0.4 is 5.32 Å². The summed E-state index contributed by atoms with van der Waals surface area (Å²) >= 11 is 0. The Kier molecular flexibility index (Phi) is 3.70. The summed E-state index contributed by atoms with van der Waals surface area (Å²) in [5.74, 6) is -0.00446. The van der Waals surface area contributed by atoms with E-state index < -0.39 is 0 Å². The minimum Gasteiger partial charge on any atom is -0.331 e. The number of carbonyl (C=O) groups is 1. The molecule has 1 aliphatic heterocycles. The summed E-state index contributed by atoms with van der Waals surface area (Å²) in [6.45, 7) is 0.727. The molecule has 1 amide bonds. The highest BCUT2D eigenvalue weighted by Gasteiger charge is 2.67. The summed E-state index contributed by atoms with van der Waals surface area (Å²) in [4.78, 5) is 15.3. The third kappa shape index (κ3) is 2.61. The number of rotatable bonds is 4. The summed E-state index contributed by atoms with van der Waals surface area (Å²) in [5, 5.41) is 3.41. The van der Waals surface area contributed by atoms with Gasteiger partial charge in [0.1, 0.15) is 5.82 Å². The first-order valence-electron chi connectivity index (χ1n) is 9.85. The number of halogens is 1. The molecule has 140 valence electrons. The zero-order valence-corrected chi connectivity index (χ0v) is 15.7. The van der Waals surface area contributed by atoms with Crippen LogP contribution in [0.4, 0.5) is 4.39 Å². The number of hydrogen-bond acceptors (Lipinski definition) is 2. The van der Waals surface area contributed by atoms with Crippen LogP contribution in [-0.2, 0) is 11.2 Å². The third-order valence-electron chi connectivity index (χ3n) is 6.99. The molecule has 4 aliphatic rings. The molecular weight excluding hydrogens is 339 g/mol. The topological polar surface area (TPSA) is 32.3 Å². The Morgan fingerprint density at radius 3 is 2.56 bits per heavy atom. The van der Waals surface area contributed by atoms with Gasteiger partial charge in [0.15, 0.2) is 0 Å². The maximum atomic E-state index is 13.5. The molecule has 3 fully saturated rings. The SMILES string of the molecule is CNC12CC(CC(=O)N3CCc4ccccc4[C@@H]3c3ccc(F)cc3)(C1)C2. The second kappa shape index (κ2) is 5.90. The molecular formula is C23H25FN2O. The van der Waals surface area contributed by atoms with Crippen molar-refractivity contribution < 1.29 is 9.18 Å². The van der Waals surface area contributed by atoms with Gasteiger partial charge in [-0.1, -0.05) is 36.4 Å². The smallest absolute Gasteiger partial charge is 0.223 e. The van der Waals surface area contributed by atoms with Crippen molar-refractivity contribution in [3.8, 4) is 0 Å². The van der Waals surface area contributed by atoms with Gasteiger partial charge < -0.3 is 10.2 Å². The number of benzene rings is 2. The molecule has 2 aromatic rings. The van der Waals surface area contributed by atoms with E-state index in [0.29, 0.717) is 12.0 Å². The molecule has 0 aromatic heterocycles. The normalized spacial score (nSPS) is 30.9. The lowest BCUT2D eigenvalue weighted by molar-refractivity contribution is -0.172. The fourth-order valence-electron chi connectivity index (χ4n) is 5.71. The summed E-state index contributed by atoms with van der Waals surface area (Å²) in [6, 6.07) is 14.8. The van der Waals surface area contributed by atoms with Crippen LogP contribution in [-0.4, -0.2) is 29.9 Å². The fourth-order valence-corrected chi connectivity index (χ4v) is 5.71. The van der Waals surface area contributed by atoms with E-state index in [-0.39, 0.29) is 23.2 Å². The average Bonchev–Trinajstić information content (AvgIpc) is 2.63. The van der Waals surface area contributed by atoms with E-state index in [1.54, 1.807) is 0 Å². The summed E-state index contributed by atoms with van der Waals surface area (Å²) in [5.41, 5.74) is 3.97. The van der Waals surface area contributed by atoms with Crippen molar-refractivity contribution in [1.82, 2.24) is 10.2 Å². The number of nitrogens with one attached hydrogen (secondary N) is 1.